The summed E-state index contributed by atoms with van der Waals surface area (Å²) in [7, 11) is 0. The summed E-state index contributed by atoms with van der Waals surface area (Å²) in [6, 6.07) is 1.87. The lowest BCUT2D eigenvalue weighted by Gasteiger charge is -1.88. The van der Waals surface area contributed by atoms with Gasteiger partial charge in [0.1, 0.15) is 5.65 Å². The van der Waals surface area contributed by atoms with Crippen molar-refractivity contribution in [1.29, 1.82) is 0 Å². The molecule has 2 N–H and O–H groups in total. The molecule has 2 heterocycles. The molecule has 2 aromatic rings. The van der Waals surface area contributed by atoms with E-state index in [0.29, 0.717) is 11.0 Å². The van der Waals surface area contributed by atoms with Crippen LogP contribution in [0.25, 0.3) is 11.0 Å². The fourth-order valence-electron chi connectivity index (χ4n) is 1.41. The van der Waals surface area contributed by atoms with E-state index in [0.717, 1.165) is 18.5 Å². The molecule has 4 nitrogen and oxygen atoms in total. The van der Waals surface area contributed by atoms with Crippen LogP contribution >= 0.6 is 0 Å². The zero-order chi connectivity index (χ0) is 9.26. The Balaban J connectivity index is 2.62. The topological polar surface area (TPSA) is 61.5 Å². The molecular formula is C9H11N3O. The van der Waals surface area contributed by atoms with Crippen molar-refractivity contribution in [3.63, 3.8) is 0 Å². The number of nitrogens with zero attached hydrogens (tertiary/aromatic N) is 1. The minimum Gasteiger partial charge on any atom is -0.343 e. The van der Waals surface area contributed by atoms with Crippen LogP contribution in [0, 0.1) is 0 Å². The lowest BCUT2D eigenvalue weighted by atomic mass is 10.2. The molecule has 0 atom stereocenters. The molecular weight excluding hydrogens is 166 g/mol. The maximum Gasteiger partial charge on any atom is 0.260 e. The van der Waals surface area contributed by atoms with Crippen LogP contribution in [0.2, 0.25) is 0 Å². The number of hydrogen-bond donors (Lipinski definition) is 2. The van der Waals surface area contributed by atoms with Gasteiger partial charge < -0.3 is 9.97 Å². The van der Waals surface area contributed by atoms with E-state index in [9.17, 15) is 4.79 Å². The minimum absolute atomic E-state index is 0.0800. The van der Waals surface area contributed by atoms with Gasteiger partial charge in [0.15, 0.2) is 0 Å². The molecule has 0 unspecified atom stereocenters. The second-order valence-electron chi connectivity index (χ2n) is 3.04. The van der Waals surface area contributed by atoms with Gasteiger partial charge in [0.25, 0.3) is 5.56 Å². The van der Waals surface area contributed by atoms with Gasteiger partial charge in [-0.25, -0.2) is 4.98 Å². The van der Waals surface area contributed by atoms with Gasteiger partial charge in [0.05, 0.1) is 11.7 Å². The number of nitrogens with one attached hydrogen (secondary N) is 2. The fourth-order valence-corrected chi connectivity index (χ4v) is 1.41. The van der Waals surface area contributed by atoms with E-state index >= 15 is 0 Å². The van der Waals surface area contributed by atoms with Crippen LogP contribution in [0.3, 0.4) is 0 Å². The number of H-pyrrole nitrogens is 2. The quantitative estimate of drug-likeness (QED) is 0.724. The van der Waals surface area contributed by atoms with E-state index in [1.54, 1.807) is 0 Å². The highest BCUT2D eigenvalue weighted by Gasteiger charge is 2.03. The number of aryl methyl sites for hydroxylation is 1. The first kappa shape index (κ1) is 8.04. The van der Waals surface area contributed by atoms with Gasteiger partial charge in [-0.15, -0.1) is 0 Å². The first-order valence-corrected chi connectivity index (χ1v) is 4.36. The molecule has 0 fully saturated rings. The van der Waals surface area contributed by atoms with Gasteiger partial charge >= 0.3 is 0 Å². The van der Waals surface area contributed by atoms with Crippen LogP contribution in [-0.4, -0.2) is 15.0 Å². The molecule has 4 heteroatoms. The van der Waals surface area contributed by atoms with Crippen LogP contribution in [-0.2, 0) is 6.42 Å². The number of hydrogen-bond acceptors (Lipinski definition) is 2. The summed E-state index contributed by atoms with van der Waals surface area (Å²) >= 11 is 0. The Hall–Kier alpha value is -1.58. The first-order chi connectivity index (χ1) is 6.31. The third-order valence-electron chi connectivity index (χ3n) is 2.01. The van der Waals surface area contributed by atoms with E-state index in [2.05, 4.69) is 21.9 Å². The van der Waals surface area contributed by atoms with Crippen molar-refractivity contribution in [3.8, 4) is 0 Å². The molecule has 0 spiro atoms. The zero-order valence-corrected chi connectivity index (χ0v) is 7.42. The van der Waals surface area contributed by atoms with Crippen molar-refractivity contribution in [1.82, 2.24) is 15.0 Å². The van der Waals surface area contributed by atoms with Crippen molar-refractivity contribution in [2.75, 3.05) is 0 Å². The van der Waals surface area contributed by atoms with Crippen LogP contribution in [0.15, 0.2) is 17.2 Å². The summed E-state index contributed by atoms with van der Waals surface area (Å²) in [5.74, 6) is 0. The Morgan fingerprint density at radius 3 is 3.08 bits per heavy atom. The van der Waals surface area contributed by atoms with Gasteiger partial charge in [-0.3, -0.25) is 4.79 Å². The first-order valence-electron chi connectivity index (χ1n) is 4.36. The van der Waals surface area contributed by atoms with Crippen molar-refractivity contribution in [2.45, 2.75) is 19.8 Å². The molecule has 13 heavy (non-hydrogen) atoms. The highest BCUT2D eigenvalue weighted by molar-refractivity contribution is 5.74. The molecule has 0 saturated heterocycles. The lowest BCUT2D eigenvalue weighted by molar-refractivity contribution is 0.894. The van der Waals surface area contributed by atoms with Gasteiger partial charge in [0, 0.05) is 5.69 Å². The monoisotopic (exact) mass is 177 g/mol. The molecule has 0 aliphatic carbocycles. The fraction of sp³-hybridized carbons (Fsp3) is 0.333. The van der Waals surface area contributed by atoms with Crippen molar-refractivity contribution in [3.05, 3.63) is 28.4 Å². The predicted octanol–water partition coefficient (Wildman–Crippen LogP) is 1.20. The predicted molar refractivity (Wildman–Crippen MR) is 50.7 cm³/mol. The normalized spacial score (nSPS) is 10.8. The maximum atomic E-state index is 11.3. The average molecular weight is 177 g/mol. The summed E-state index contributed by atoms with van der Waals surface area (Å²) in [6.45, 7) is 2.10. The Morgan fingerprint density at radius 2 is 2.38 bits per heavy atom. The molecule has 68 valence electrons. The van der Waals surface area contributed by atoms with Crippen LogP contribution < -0.4 is 5.56 Å². The third-order valence-corrected chi connectivity index (χ3v) is 2.01. The molecule has 0 radical (unpaired) electrons. The summed E-state index contributed by atoms with van der Waals surface area (Å²) in [5.41, 5.74) is 1.66. The Labute approximate surface area is 75.0 Å². The van der Waals surface area contributed by atoms with Crippen molar-refractivity contribution >= 4 is 11.0 Å². The molecule has 2 aromatic heterocycles. The number of fused-ring (bicyclic) bond motifs is 1. The van der Waals surface area contributed by atoms with Crippen molar-refractivity contribution < 1.29 is 0 Å². The maximum absolute atomic E-state index is 11.3. The molecule has 0 amide bonds. The summed E-state index contributed by atoms with van der Waals surface area (Å²) < 4.78 is 0. The Morgan fingerprint density at radius 1 is 1.54 bits per heavy atom. The van der Waals surface area contributed by atoms with E-state index in [4.69, 9.17) is 0 Å². The standard InChI is InChI=1S/C9H11N3O/c1-2-3-6-4-7-8(12-6)10-5-11-9(7)13/h4-5H,2-3H2,1H3,(H2,10,11,12,13). The van der Waals surface area contributed by atoms with Crippen molar-refractivity contribution in [2.24, 2.45) is 0 Å². The number of aromatic amines is 2. The number of aromatic nitrogens is 3. The van der Waals surface area contributed by atoms with Crippen LogP contribution in [0.1, 0.15) is 19.0 Å². The van der Waals surface area contributed by atoms with E-state index in [1.807, 2.05) is 6.07 Å². The van der Waals surface area contributed by atoms with Gasteiger partial charge in [-0.1, -0.05) is 13.3 Å². The Bertz CT molecular complexity index is 469. The Kier molecular flexibility index (Phi) is 1.88. The minimum atomic E-state index is -0.0800. The highest BCUT2D eigenvalue weighted by Crippen LogP contribution is 2.08. The van der Waals surface area contributed by atoms with Crippen LogP contribution in [0.5, 0.6) is 0 Å². The molecule has 2 rings (SSSR count). The molecule has 0 aliphatic rings. The smallest absolute Gasteiger partial charge is 0.260 e. The third kappa shape index (κ3) is 1.35. The lowest BCUT2D eigenvalue weighted by Crippen LogP contribution is -2.04. The molecule has 0 saturated carbocycles. The second kappa shape index (κ2) is 3.05. The summed E-state index contributed by atoms with van der Waals surface area (Å²) in [6.07, 6.45) is 3.43. The van der Waals surface area contributed by atoms with Gasteiger partial charge in [0.2, 0.25) is 0 Å². The van der Waals surface area contributed by atoms with E-state index < -0.39 is 0 Å². The second-order valence-corrected chi connectivity index (χ2v) is 3.04. The van der Waals surface area contributed by atoms with E-state index in [1.165, 1.54) is 6.33 Å². The molecule has 0 aromatic carbocycles. The highest BCUT2D eigenvalue weighted by atomic mass is 16.1. The average Bonchev–Trinajstić information content (AvgIpc) is 2.49. The largest absolute Gasteiger partial charge is 0.343 e. The summed E-state index contributed by atoms with van der Waals surface area (Å²) in [5, 5.41) is 0.644. The van der Waals surface area contributed by atoms with Crippen LogP contribution in [0.4, 0.5) is 0 Å². The zero-order valence-electron chi connectivity index (χ0n) is 7.42. The number of rotatable bonds is 2. The molecule has 0 aliphatic heterocycles. The van der Waals surface area contributed by atoms with E-state index in [-0.39, 0.29) is 5.56 Å². The SMILES string of the molecule is CCCc1cc2c(=O)[nH]cnc2[nH]1. The molecule has 0 bridgehead atoms. The summed E-state index contributed by atoms with van der Waals surface area (Å²) in [4.78, 5) is 21.0. The van der Waals surface area contributed by atoms with Gasteiger partial charge in [-0.2, -0.15) is 0 Å². The van der Waals surface area contributed by atoms with Gasteiger partial charge in [-0.05, 0) is 12.5 Å².